The van der Waals surface area contributed by atoms with Crippen molar-refractivity contribution in [3.05, 3.63) is 54.1 Å². The van der Waals surface area contributed by atoms with Crippen LogP contribution in [-0.2, 0) is 0 Å². The van der Waals surface area contributed by atoms with Crippen LogP contribution in [0, 0.1) is 11.6 Å². The van der Waals surface area contributed by atoms with Crippen molar-refractivity contribution in [2.45, 2.75) is 50.0 Å². The molecule has 1 aromatic heterocycles. The number of anilines is 1. The molecule has 3 aliphatic heterocycles. The molecule has 7 rings (SSSR count). The molecule has 0 aliphatic carbocycles. The van der Waals surface area contributed by atoms with E-state index in [-0.39, 0.29) is 58.0 Å². The molecule has 3 aromatic carbocycles. The number of likely N-dealkylation sites (tertiary alicyclic amines) is 1. The van der Waals surface area contributed by atoms with E-state index in [2.05, 4.69) is 27.1 Å². The standard InChI is InChI=1S/C31H32F3N5O2/c1-31-8-7-19(37-31)14-39(16-31)29-24-12-25(33)26(23-11-21(40)9-17-5-3-4-6-22(17)23)27(34)28(24)35-30(36-29)41-15-20-10-18(32)13-38(20)2/h3-6,9,11-12,18-20,37,40H,7-8,10,13-16H2,1-2H3/t18-,19-,20+,31+/m1/s1. The highest BCUT2D eigenvalue weighted by molar-refractivity contribution is 6.01. The largest absolute Gasteiger partial charge is 0.508 e. The van der Waals surface area contributed by atoms with Gasteiger partial charge in [-0.1, -0.05) is 24.3 Å². The molecule has 214 valence electrons. The van der Waals surface area contributed by atoms with Crippen LogP contribution in [0.2, 0.25) is 0 Å². The van der Waals surface area contributed by atoms with Gasteiger partial charge in [0.2, 0.25) is 0 Å². The summed E-state index contributed by atoms with van der Waals surface area (Å²) >= 11 is 0. The molecule has 4 aromatic rings. The Hall–Kier alpha value is -3.63. The fraction of sp³-hybridized carbons (Fsp3) is 0.419. The summed E-state index contributed by atoms with van der Waals surface area (Å²) in [5.74, 6) is -1.30. The van der Waals surface area contributed by atoms with Gasteiger partial charge in [0.1, 0.15) is 35.7 Å². The van der Waals surface area contributed by atoms with Crippen LogP contribution in [0.15, 0.2) is 42.5 Å². The molecule has 41 heavy (non-hydrogen) atoms. The Morgan fingerprint density at radius 3 is 2.73 bits per heavy atom. The maximum Gasteiger partial charge on any atom is 0.319 e. The quantitative estimate of drug-likeness (QED) is 0.347. The first kappa shape index (κ1) is 26.3. The van der Waals surface area contributed by atoms with Gasteiger partial charge >= 0.3 is 6.01 Å². The van der Waals surface area contributed by atoms with Gasteiger partial charge in [-0.2, -0.15) is 9.97 Å². The number of hydrogen-bond donors (Lipinski definition) is 2. The molecule has 4 heterocycles. The van der Waals surface area contributed by atoms with Gasteiger partial charge in [-0.15, -0.1) is 0 Å². The second-order valence-corrected chi connectivity index (χ2v) is 12.0. The third-order valence-electron chi connectivity index (χ3n) is 8.88. The van der Waals surface area contributed by atoms with E-state index in [1.807, 2.05) is 11.9 Å². The summed E-state index contributed by atoms with van der Waals surface area (Å²) in [6, 6.07) is 11.4. The van der Waals surface area contributed by atoms with E-state index in [4.69, 9.17) is 4.74 Å². The molecule has 0 spiro atoms. The van der Waals surface area contributed by atoms with Crippen LogP contribution in [0.5, 0.6) is 11.8 Å². The summed E-state index contributed by atoms with van der Waals surface area (Å²) < 4.78 is 52.5. The molecule has 0 unspecified atom stereocenters. The molecule has 0 radical (unpaired) electrons. The average molecular weight is 564 g/mol. The summed E-state index contributed by atoms with van der Waals surface area (Å²) in [6.07, 6.45) is 1.41. The number of nitrogens with one attached hydrogen (secondary N) is 1. The lowest BCUT2D eigenvalue weighted by Gasteiger charge is -2.40. The molecule has 4 atom stereocenters. The van der Waals surface area contributed by atoms with Crippen molar-refractivity contribution >= 4 is 27.5 Å². The van der Waals surface area contributed by atoms with E-state index < -0.39 is 17.8 Å². The molecular formula is C31H32F3N5O2. The van der Waals surface area contributed by atoms with E-state index in [0.29, 0.717) is 42.6 Å². The van der Waals surface area contributed by atoms with Crippen LogP contribution in [0.4, 0.5) is 19.0 Å². The normalized spacial score (nSPS) is 26.4. The fourth-order valence-corrected chi connectivity index (χ4v) is 6.90. The van der Waals surface area contributed by atoms with Crippen LogP contribution in [0.3, 0.4) is 0 Å². The number of aromatic nitrogens is 2. The number of phenols is 1. The van der Waals surface area contributed by atoms with E-state index in [9.17, 15) is 9.50 Å². The van der Waals surface area contributed by atoms with Crippen molar-refractivity contribution in [2.24, 2.45) is 0 Å². The first-order valence-corrected chi connectivity index (χ1v) is 14.1. The first-order valence-electron chi connectivity index (χ1n) is 14.1. The second kappa shape index (κ2) is 9.73. The summed E-state index contributed by atoms with van der Waals surface area (Å²) in [5.41, 5.74) is -0.243. The number of phenolic OH excluding ortho intramolecular Hbond substituents is 1. The first-order chi connectivity index (χ1) is 19.7. The smallest absolute Gasteiger partial charge is 0.319 e. The lowest BCUT2D eigenvalue weighted by Crippen LogP contribution is -2.58. The maximum atomic E-state index is 16.5. The van der Waals surface area contributed by atoms with Gasteiger partial charge in [-0.05, 0) is 67.8 Å². The molecule has 3 fully saturated rings. The van der Waals surface area contributed by atoms with Crippen molar-refractivity contribution in [3.8, 4) is 22.9 Å². The van der Waals surface area contributed by atoms with E-state index in [1.54, 1.807) is 30.3 Å². The molecule has 3 aliphatic rings. The number of halogens is 3. The summed E-state index contributed by atoms with van der Waals surface area (Å²) in [7, 11) is 1.84. The minimum Gasteiger partial charge on any atom is -0.508 e. The van der Waals surface area contributed by atoms with Crippen molar-refractivity contribution in [2.75, 3.05) is 38.2 Å². The van der Waals surface area contributed by atoms with Gasteiger partial charge in [0.05, 0.1) is 5.56 Å². The second-order valence-electron chi connectivity index (χ2n) is 12.0. The Bertz CT molecular complexity index is 1670. The molecule has 2 bridgehead atoms. The zero-order valence-electron chi connectivity index (χ0n) is 23.0. The third-order valence-corrected chi connectivity index (χ3v) is 8.88. The highest BCUT2D eigenvalue weighted by Crippen LogP contribution is 2.41. The Labute approximate surface area is 235 Å². The number of rotatable bonds is 5. The zero-order valence-corrected chi connectivity index (χ0v) is 23.0. The number of ether oxygens (including phenoxy) is 1. The number of fused-ring (bicyclic) bond motifs is 4. The molecule has 0 saturated carbocycles. The molecule has 0 amide bonds. The third kappa shape index (κ3) is 4.63. The fourth-order valence-electron chi connectivity index (χ4n) is 6.90. The predicted molar refractivity (Wildman–Crippen MR) is 152 cm³/mol. The number of piperazine rings is 1. The van der Waals surface area contributed by atoms with Gasteiger partial charge < -0.3 is 20.1 Å². The van der Waals surface area contributed by atoms with Crippen LogP contribution < -0.4 is 15.0 Å². The summed E-state index contributed by atoms with van der Waals surface area (Å²) in [4.78, 5) is 13.1. The van der Waals surface area contributed by atoms with Gasteiger partial charge in [0.25, 0.3) is 0 Å². The van der Waals surface area contributed by atoms with Gasteiger partial charge in [0, 0.05) is 42.6 Å². The predicted octanol–water partition coefficient (Wildman–Crippen LogP) is 5.19. The van der Waals surface area contributed by atoms with Crippen molar-refractivity contribution < 1.29 is 23.0 Å². The summed E-state index contributed by atoms with van der Waals surface area (Å²) in [5, 5.41) is 15.5. The molecule has 7 nitrogen and oxygen atoms in total. The number of alkyl halides is 1. The molecule has 2 N–H and O–H groups in total. The van der Waals surface area contributed by atoms with Gasteiger partial charge in [-0.3, -0.25) is 4.90 Å². The molecular weight excluding hydrogens is 531 g/mol. The Balaban J connectivity index is 1.38. The van der Waals surface area contributed by atoms with Crippen LogP contribution in [-0.4, -0.2) is 77.1 Å². The highest BCUT2D eigenvalue weighted by atomic mass is 19.1. The minimum absolute atomic E-state index is 0.0311. The average Bonchev–Trinajstić information content (AvgIpc) is 3.41. The van der Waals surface area contributed by atoms with Gasteiger partial charge in [-0.25, -0.2) is 13.2 Å². The van der Waals surface area contributed by atoms with Crippen LogP contribution in [0.25, 0.3) is 32.8 Å². The van der Waals surface area contributed by atoms with Crippen molar-refractivity contribution in [1.82, 2.24) is 20.2 Å². The van der Waals surface area contributed by atoms with Gasteiger partial charge in [0.15, 0.2) is 5.82 Å². The summed E-state index contributed by atoms with van der Waals surface area (Å²) in [6.45, 7) is 3.88. The van der Waals surface area contributed by atoms with Crippen molar-refractivity contribution in [1.29, 1.82) is 0 Å². The Morgan fingerprint density at radius 1 is 1.12 bits per heavy atom. The number of aromatic hydroxyl groups is 1. The lowest BCUT2D eigenvalue weighted by molar-refractivity contribution is 0.188. The number of hydrogen-bond acceptors (Lipinski definition) is 7. The topological polar surface area (TPSA) is 73.8 Å². The number of nitrogens with zero attached hydrogens (tertiary/aromatic N) is 4. The van der Waals surface area contributed by atoms with Crippen LogP contribution in [0.1, 0.15) is 26.2 Å². The Morgan fingerprint density at radius 2 is 1.95 bits per heavy atom. The van der Waals surface area contributed by atoms with Crippen molar-refractivity contribution in [3.63, 3.8) is 0 Å². The lowest BCUT2D eigenvalue weighted by atomic mass is 9.95. The number of benzene rings is 3. The van der Waals surface area contributed by atoms with E-state index >= 15 is 8.78 Å². The molecule has 10 heteroatoms. The Kier molecular flexibility index (Phi) is 6.24. The monoisotopic (exact) mass is 563 g/mol. The van der Waals surface area contributed by atoms with Crippen LogP contribution >= 0.6 is 0 Å². The minimum atomic E-state index is -0.932. The number of likely N-dealkylation sites (N-methyl/N-ethyl adjacent to an activating group) is 1. The van der Waals surface area contributed by atoms with E-state index in [1.165, 1.54) is 12.1 Å². The zero-order chi connectivity index (χ0) is 28.5. The van der Waals surface area contributed by atoms with E-state index in [0.717, 1.165) is 12.8 Å². The maximum absolute atomic E-state index is 16.5. The SMILES string of the molecule is CN1C[C@H](F)C[C@H]1COc1nc(N2C[C@H]3CC[C@@](C)(C2)N3)c2cc(F)c(-c3cc(O)cc4ccccc34)c(F)c2n1. The molecule has 3 saturated heterocycles. The highest BCUT2D eigenvalue weighted by Gasteiger charge is 2.42.